The minimum Gasteiger partial charge on any atom is -0.480 e. The molecule has 9 nitrogen and oxygen atoms in total. The lowest BCUT2D eigenvalue weighted by Crippen LogP contribution is -2.34. The number of aliphatic carboxylic acids is 2. The van der Waals surface area contributed by atoms with Gasteiger partial charge >= 0.3 is 23.8 Å². The minimum absolute atomic E-state index is 0.305. The lowest BCUT2D eigenvalue weighted by atomic mass is 10.1. The van der Waals surface area contributed by atoms with Crippen LogP contribution in [-0.4, -0.2) is 47.7 Å². The van der Waals surface area contributed by atoms with Gasteiger partial charge in [-0.05, 0) is 24.5 Å². The maximum atomic E-state index is 12.3. The fourth-order valence-electron chi connectivity index (χ4n) is 2.53. The van der Waals surface area contributed by atoms with Gasteiger partial charge in [0.1, 0.15) is 11.9 Å². The van der Waals surface area contributed by atoms with Crippen LogP contribution in [0.4, 0.5) is 13.2 Å². The Kier molecular flexibility index (Phi) is 5.98. The zero-order valence-corrected chi connectivity index (χ0v) is 13.8. The molecule has 0 spiro atoms. The summed E-state index contributed by atoms with van der Waals surface area (Å²) in [5.74, 6) is -3.18. The van der Waals surface area contributed by atoms with Crippen LogP contribution in [0.1, 0.15) is 30.3 Å². The Morgan fingerprint density at radius 1 is 1.30 bits per heavy atom. The quantitative estimate of drug-likeness (QED) is 0.805. The number of rotatable bonds is 3. The third-order valence-electron chi connectivity index (χ3n) is 3.71. The number of hydrogen-bond donors (Lipinski definition) is 2. The molecule has 0 saturated heterocycles. The molecular weight excluding hydrogens is 373 g/mol. The van der Waals surface area contributed by atoms with Gasteiger partial charge < -0.3 is 10.2 Å². The minimum atomic E-state index is -5.08. The normalized spacial score (nSPS) is 16.0. The molecule has 0 saturated carbocycles. The Hall–Kier alpha value is -3.18. The summed E-state index contributed by atoms with van der Waals surface area (Å²) < 4.78 is 34.4. The molecule has 0 aliphatic carbocycles. The van der Waals surface area contributed by atoms with E-state index in [1.165, 1.54) is 9.25 Å². The van der Waals surface area contributed by atoms with E-state index in [2.05, 4.69) is 10.1 Å². The molecule has 3 heterocycles. The van der Waals surface area contributed by atoms with Crippen molar-refractivity contribution in [1.82, 2.24) is 19.3 Å². The third-order valence-corrected chi connectivity index (χ3v) is 3.71. The number of carbonyl (C=O) groups is 2. The molecule has 27 heavy (non-hydrogen) atoms. The molecule has 1 atom stereocenters. The molecule has 2 aromatic heterocycles. The van der Waals surface area contributed by atoms with Crippen LogP contribution in [0.5, 0.6) is 0 Å². The molecule has 146 valence electrons. The molecule has 1 unspecified atom stereocenters. The molecule has 0 radical (unpaired) electrons. The fraction of sp³-hybridized carbons (Fsp3) is 0.400. The van der Waals surface area contributed by atoms with Crippen molar-refractivity contribution in [2.45, 2.75) is 38.0 Å². The molecule has 0 fully saturated rings. The van der Waals surface area contributed by atoms with Crippen molar-refractivity contribution in [2.75, 3.05) is 0 Å². The van der Waals surface area contributed by atoms with Crippen LogP contribution in [0.15, 0.2) is 29.3 Å². The average molecular weight is 388 g/mol. The summed E-state index contributed by atoms with van der Waals surface area (Å²) >= 11 is 0. The van der Waals surface area contributed by atoms with Gasteiger partial charge in [-0.1, -0.05) is 6.07 Å². The standard InChI is InChI=1S/C13H14N4O3.C2HF3O2/c18-12(19)10-4-1-5-11-15-16(13(20)17(10)11)8-9-3-2-6-14-7-9;3-2(4,5)1(6)7/h2-3,6-7,10H,1,4-5,8H2,(H,18,19);(H,6,7). The first-order chi connectivity index (χ1) is 12.6. The van der Waals surface area contributed by atoms with Crippen molar-refractivity contribution < 1.29 is 33.0 Å². The van der Waals surface area contributed by atoms with Crippen molar-refractivity contribution in [2.24, 2.45) is 0 Å². The van der Waals surface area contributed by atoms with Gasteiger partial charge in [-0.15, -0.1) is 0 Å². The lowest BCUT2D eigenvalue weighted by molar-refractivity contribution is -0.192. The van der Waals surface area contributed by atoms with Crippen LogP contribution in [0.2, 0.25) is 0 Å². The summed E-state index contributed by atoms with van der Waals surface area (Å²) in [7, 11) is 0. The summed E-state index contributed by atoms with van der Waals surface area (Å²) in [4.78, 5) is 36.4. The van der Waals surface area contributed by atoms with Crippen LogP contribution in [0.3, 0.4) is 0 Å². The summed E-state index contributed by atoms with van der Waals surface area (Å²) in [6.45, 7) is 0.305. The number of aromatic nitrogens is 4. The zero-order valence-electron chi connectivity index (χ0n) is 13.8. The first kappa shape index (κ1) is 20.1. The number of carboxylic acid groups (broad SMARTS) is 2. The fourth-order valence-corrected chi connectivity index (χ4v) is 2.53. The van der Waals surface area contributed by atoms with E-state index >= 15 is 0 Å². The molecule has 3 rings (SSSR count). The Morgan fingerprint density at radius 2 is 1.96 bits per heavy atom. The van der Waals surface area contributed by atoms with E-state index in [9.17, 15) is 27.9 Å². The number of nitrogens with zero attached hydrogens (tertiary/aromatic N) is 4. The van der Waals surface area contributed by atoms with Gasteiger partial charge in [-0.25, -0.2) is 19.1 Å². The summed E-state index contributed by atoms with van der Waals surface area (Å²) in [6.07, 6.45) is 0.0879. The Balaban J connectivity index is 0.000000321. The zero-order chi connectivity index (χ0) is 20.2. The molecule has 12 heteroatoms. The smallest absolute Gasteiger partial charge is 0.480 e. The molecule has 0 bridgehead atoms. The van der Waals surface area contributed by atoms with E-state index in [0.29, 0.717) is 25.2 Å². The van der Waals surface area contributed by atoms with Crippen molar-refractivity contribution in [3.05, 3.63) is 46.4 Å². The molecule has 2 aromatic rings. The van der Waals surface area contributed by atoms with Gasteiger partial charge in [0, 0.05) is 18.8 Å². The second-order valence-corrected chi connectivity index (χ2v) is 5.64. The van der Waals surface area contributed by atoms with E-state index in [0.717, 1.165) is 12.0 Å². The SMILES string of the molecule is O=C(O)C(F)(F)F.O=C(O)C1CCCc2nn(Cc3cccnc3)c(=O)n21. The lowest BCUT2D eigenvalue weighted by Gasteiger charge is -2.19. The van der Waals surface area contributed by atoms with Gasteiger partial charge in [-0.2, -0.15) is 18.3 Å². The second kappa shape index (κ2) is 8.01. The van der Waals surface area contributed by atoms with Gasteiger partial charge in [0.05, 0.1) is 6.54 Å². The van der Waals surface area contributed by atoms with E-state index < -0.39 is 24.2 Å². The third kappa shape index (κ3) is 4.92. The number of pyridine rings is 1. The van der Waals surface area contributed by atoms with Crippen LogP contribution >= 0.6 is 0 Å². The molecule has 0 amide bonds. The highest BCUT2D eigenvalue weighted by Gasteiger charge is 2.38. The van der Waals surface area contributed by atoms with E-state index in [4.69, 9.17) is 9.90 Å². The van der Waals surface area contributed by atoms with E-state index in [1.807, 2.05) is 6.07 Å². The summed E-state index contributed by atoms with van der Waals surface area (Å²) in [5.41, 5.74) is 0.493. The van der Waals surface area contributed by atoms with Gasteiger partial charge in [0.15, 0.2) is 0 Å². The number of halogens is 3. The summed E-state index contributed by atoms with van der Waals surface area (Å²) in [6, 6.07) is 2.84. The molecular formula is C15H15F3N4O5. The number of hydrogen-bond acceptors (Lipinski definition) is 5. The maximum absolute atomic E-state index is 12.3. The van der Waals surface area contributed by atoms with Gasteiger partial charge in [0.2, 0.25) is 0 Å². The monoisotopic (exact) mass is 388 g/mol. The van der Waals surface area contributed by atoms with Gasteiger partial charge in [0.25, 0.3) is 0 Å². The molecule has 0 aromatic carbocycles. The van der Waals surface area contributed by atoms with Gasteiger partial charge in [-0.3, -0.25) is 9.55 Å². The Morgan fingerprint density at radius 3 is 2.48 bits per heavy atom. The topological polar surface area (TPSA) is 127 Å². The van der Waals surface area contributed by atoms with Crippen molar-refractivity contribution in [1.29, 1.82) is 0 Å². The van der Waals surface area contributed by atoms with Crippen LogP contribution in [-0.2, 0) is 22.6 Å². The Labute approximate surface area is 149 Å². The number of carboxylic acids is 2. The number of fused-ring (bicyclic) bond motifs is 1. The summed E-state index contributed by atoms with van der Waals surface area (Å²) in [5, 5.41) is 20.6. The number of aryl methyl sites for hydroxylation is 1. The average Bonchev–Trinajstić information content (AvgIpc) is 2.91. The highest BCUT2D eigenvalue weighted by atomic mass is 19.4. The maximum Gasteiger partial charge on any atom is 0.490 e. The van der Waals surface area contributed by atoms with E-state index in [1.54, 1.807) is 18.5 Å². The largest absolute Gasteiger partial charge is 0.490 e. The highest BCUT2D eigenvalue weighted by Crippen LogP contribution is 2.21. The first-order valence-electron chi connectivity index (χ1n) is 7.71. The molecule has 1 aliphatic heterocycles. The van der Waals surface area contributed by atoms with Crippen LogP contribution in [0.25, 0.3) is 0 Å². The van der Waals surface area contributed by atoms with Crippen LogP contribution in [0, 0.1) is 0 Å². The molecule has 1 aliphatic rings. The molecule has 2 N–H and O–H groups in total. The van der Waals surface area contributed by atoms with Crippen molar-refractivity contribution in [3.8, 4) is 0 Å². The van der Waals surface area contributed by atoms with Crippen molar-refractivity contribution in [3.63, 3.8) is 0 Å². The Bertz CT molecular complexity index is 876. The van der Waals surface area contributed by atoms with Crippen molar-refractivity contribution >= 4 is 11.9 Å². The number of alkyl halides is 3. The highest BCUT2D eigenvalue weighted by molar-refractivity contribution is 5.73. The van der Waals surface area contributed by atoms with Crippen LogP contribution < -0.4 is 5.69 Å². The first-order valence-corrected chi connectivity index (χ1v) is 7.71. The predicted molar refractivity (Wildman–Crippen MR) is 83.1 cm³/mol. The predicted octanol–water partition coefficient (Wildman–Crippen LogP) is 1.08. The van der Waals surface area contributed by atoms with E-state index in [-0.39, 0.29) is 5.69 Å². The second-order valence-electron chi connectivity index (χ2n) is 5.64.